The number of anilines is 1. The number of nitrogen functional groups attached to an aromatic ring is 1. The van der Waals surface area contributed by atoms with E-state index in [2.05, 4.69) is 15.9 Å². The minimum atomic E-state index is -0.235. The van der Waals surface area contributed by atoms with Crippen LogP contribution in [0.15, 0.2) is 22.7 Å². The first-order chi connectivity index (χ1) is 8.77. The molecule has 1 aliphatic heterocycles. The summed E-state index contributed by atoms with van der Waals surface area (Å²) in [5, 5.41) is 0. The Kier molecular flexibility index (Phi) is 3.67. The van der Waals surface area contributed by atoms with Gasteiger partial charge in [0, 0.05) is 23.0 Å². The molecule has 4 nitrogen and oxygen atoms in total. The van der Waals surface area contributed by atoms with E-state index in [9.17, 15) is 9.59 Å². The molecule has 2 amide bonds. The average Bonchev–Trinajstić information content (AvgIpc) is 2.20. The molecule has 0 atom stereocenters. The molecular formula is C14H17BrN2O2. The number of imide groups is 1. The molecule has 1 heterocycles. The van der Waals surface area contributed by atoms with Gasteiger partial charge in [-0.15, -0.1) is 0 Å². The number of benzene rings is 1. The third-order valence-corrected chi connectivity index (χ3v) is 3.64. The lowest BCUT2D eigenvalue weighted by atomic mass is 9.81. The minimum absolute atomic E-state index is 0.111. The third kappa shape index (κ3) is 3.35. The molecule has 19 heavy (non-hydrogen) atoms. The predicted octanol–water partition coefficient (Wildman–Crippen LogP) is 2.71. The Balaban J connectivity index is 2.19. The molecular weight excluding hydrogens is 308 g/mol. The average molecular weight is 325 g/mol. The smallest absolute Gasteiger partial charge is 0.230 e. The number of nitrogens with two attached hydrogens (primary N) is 1. The first-order valence-corrected chi connectivity index (χ1v) is 6.94. The molecule has 2 rings (SSSR count). The van der Waals surface area contributed by atoms with E-state index in [0.29, 0.717) is 18.5 Å². The summed E-state index contributed by atoms with van der Waals surface area (Å²) in [6.45, 7) is 4.17. The number of halogens is 1. The molecule has 0 bridgehead atoms. The van der Waals surface area contributed by atoms with E-state index in [4.69, 9.17) is 5.73 Å². The van der Waals surface area contributed by atoms with Gasteiger partial charge in [0.05, 0.1) is 6.54 Å². The van der Waals surface area contributed by atoms with Gasteiger partial charge in [-0.3, -0.25) is 14.5 Å². The molecule has 1 saturated heterocycles. The molecule has 1 aromatic rings. The van der Waals surface area contributed by atoms with Crippen LogP contribution in [0.1, 0.15) is 32.3 Å². The molecule has 1 fully saturated rings. The van der Waals surface area contributed by atoms with Crippen molar-refractivity contribution in [2.45, 2.75) is 33.2 Å². The van der Waals surface area contributed by atoms with Crippen molar-refractivity contribution in [1.82, 2.24) is 4.90 Å². The Morgan fingerprint density at radius 3 is 2.32 bits per heavy atom. The predicted molar refractivity (Wildman–Crippen MR) is 77.1 cm³/mol. The minimum Gasteiger partial charge on any atom is -0.399 e. The van der Waals surface area contributed by atoms with Crippen molar-refractivity contribution in [3.05, 3.63) is 28.2 Å². The highest BCUT2D eigenvalue weighted by atomic mass is 79.9. The molecule has 0 aromatic heterocycles. The van der Waals surface area contributed by atoms with Gasteiger partial charge in [0.1, 0.15) is 0 Å². The van der Waals surface area contributed by atoms with Crippen molar-refractivity contribution < 1.29 is 9.59 Å². The van der Waals surface area contributed by atoms with E-state index in [1.807, 2.05) is 19.9 Å². The standard InChI is InChI=1S/C14H17BrN2O2/c1-14(2)6-12(18)17(13(19)7-14)8-9-3-10(15)5-11(16)4-9/h3-5H,6-8,16H2,1-2H3. The van der Waals surface area contributed by atoms with Crippen LogP contribution in [0.5, 0.6) is 0 Å². The summed E-state index contributed by atoms with van der Waals surface area (Å²) in [6.07, 6.45) is 0.810. The number of carbonyl (C=O) groups is 2. The maximum Gasteiger partial charge on any atom is 0.230 e. The van der Waals surface area contributed by atoms with Gasteiger partial charge in [-0.25, -0.2) is 0 Å². The van der Waals surface area contributed by atoms with Crippen LogP contribution in [0.2, 0.25) is 0 Å². The second-order valence-corrected chi connectivity index (χ2v) is 6.70. The molecule has 1 aliphatic rings. The molecule has 5 heteroatoms. The summed E-state index contributed by atoms with van der Waals surface area (Å²) >= 11 is 3.36. The molecule has 102 valence electrons. The van der Waals surface area contributed by atoms with Crippen molar-refractivity contribution in [2.24, 2.45) is 5.41 Å². The zero-order valence-electron chi connectivity index (χ0n) is 11.1. The van der Waals surface area contributed by atoms with Gasteiger partial charge < -0.3 is 5.73 Å². The van der Waals surface area contributed by atoms with E-state index < -0.39 is 0 Å². The lowest BCUT2D eigenvalue weighted by Crippen LogP contribution is -2.45. The summed E-state index contributed by atoms with van der Waals surface area (Å²) < 4.78 is 0.847. The number of likely N-dealkylation sites (tertiary alicyclic amines) is 1. The van der Waals surface area contributed by atoms with Crippen LogP contribution in [0.3, 0.4) is 0 Å². The topological polar surface area (TPSA) is 63.4 Å². The lowest BCUT2D eigenvalue weighted by molar-refractivity contribution is -0.153. The van der Waals surface area contributed by atoms with E-state index >= 15 is 0 Å². The van der Waals surface area contributed by atoms with Crippen molar-refractivity contribution in [3.8, 4) is 0 Å². The van der Waals surface area contributed by atoms with Crippen LogP contribution in [-0.2, 0) is 16.1 Å². The fourth-order valence-corrected chi connectivity index (χ4v) is 2.90. The Labute approximate surface area is 121 Å². The van der Waals surface area contributed by atoms with Crippen molar-refractivity contribution >= 4 is 33.4 Å². The third-order valence-electron chi connectivity index (χ3n) is 3.18. The largest absolute Gasteiger partial charge is 0.399 e. The van der Waals surface area contributed by atoms with E-state index in [1.54, 1.807) is 12.1 Å². The summed E-state index contributed by atoms with van der Waals surface area (Å²) in [5.41, 5.74) is 6.99. The Morgan fingerprint density at radius 2 is 1.79 bits per heavy atom. The van der Waals surface area contributed by atoms with Crippen LogP contribution in [0, 0.1) is 5.41 Å². The van der Waals surface area contributed by atoms with Gasteiger partial charge >= 0.3 is 0 Å². The van der Waals surface area contributed by atoms with Crippen LogP contribution in [-0.4, -0.2) is 16.7 Å². The molecule has 0 saturated carbocycles. The second kappa shape index (κ2) is 4.96. The quantitative estimate of drug-likeness (QED) is 0.672. The van der Waals surface area contributed by atoms with Gasteiger partial charge in [-0.1, -0.05) is 29.8 Å². The number of hydrogen-bond acceptors (Lipinski definition) is 3. The summed E-state index contributed by atoms with van der Waals surface area (Å²) in [5.74, 6) is -0.223. The van der Waals surface area contributed by atoms with Gasteiger partial charge in [0.15, 0.2) is 0 Å². The lowest BCUT2D eigenvalue weighted by Gasteiger charge is -2.34. The number of piperidine rings is 1. The molecule has 0 unspecified atom stereocenters. The molecule has 0 spiro atoms. The Hall–Kier alpha value is -1.36. The number of amides is 2. The van der Waals surface area contributed by atoms with Gasteiger partial charge in [-0.05, 0) is 29.2 Å². The Bertz CT molecular complexity index is 500. The highest BCUT2D eigenvalue weighted by Gasteiger charge is 2.37. The first kappa shape index (κ1) is 14.1. The van der Waals surface area contributed by atoms with E-state index in [-0.39, 0.29) is 23.8 Å². The first-order valence-electron chi connectivity index (χ1n) is 6.15. The van der Waals surface area contributed by atoms with Crippen LogP contribution in [0.4, 0.5) is 5.69 Å². The van der Waals surface area contributed by atoms with Gasteiger partial charge in [-0.2, -0.15) is 0 Å². The van der Waals surface area contributed by atoms with Crippen molar-refractivity contribution in [2.75, 3.05) is 5.73 Å². The van der Waals surface area contributed by atoms with E-state index in [0.717, 1.165) is 10.0 Å². The second-order valence-electron chi connectivity index (χ2n) is 5.78. The molecule has 0 aliphatic carbocycles. The van der Waals surface area contributed by atoms with Crippen LogP contribution >= 0.6 is 15.9 Å². The number of carbonyl (C=O) groups excluding carboxylic acids is 2. The number of hydrogen-bond donors (Lipinski definition) is 1. The van der Waals surface area contributed by atoms with Crippen molar-refractivity contribution in [3.63, 3.8) is 0 Å². The Morgan fingerprint density at radius 1 is 1.21 bits per heavy atom. The van der Waals surface area contributed by atoms with Crippen LogP contribution in [0.25, 0.3) is 0 Å². The SMILES string of the molecule is CC1(C)CC(=O)N(Cc2cc(N)cc(Br)c2)C(=O)C1. The summed E-state index contributed by atoms with van der Waals surface area (Å²) in [4.78, 5) is 25.4. The van der Waals surface area contributed by atoms with Crippen LogP contribution < -0.4 is 5.73 Å². The highest BCUT2D eigenvalue weighted by Crippen LogP contribution is 2.32. The summed E-state index contributed by atoms with van der Waals surface area (Å²) in [6, 6.07) is 5.44. The number of rotatable bonds is 2. The van der Waals surface area contributed by atoms with Crippen molar-refractivity contribution in [1.29, 1.82) is 0 Å². The maximum atomic E-state index is 12.1. The zero-order chi connectivity index (χ0) is 14.2. The maximum absolute atomic E-state index is 12.1. The van der Waals surface area contributed by atoms with E-state index in [1.165, 1.54) is 4.90 Å². The highest BCUT2D eigenvalue weighted by molar-refractivity contribution is 9.10. The van der Waals surface area contributed by atoms with Gasteiger partial charge in [0.2, 0.25) is 11.8 Å². The molecule has 1 aromatic carbocycles. The zero-order valence-corrected chi connectivity index (χ0v) is 12.7. The summed E-state index contributed by atoms with van der Waals surface area (Å²) in [7, 11) is 0. The fourth-order valence-electron chi connectivity index (χ4n) is 2.34. The normalized spacial score (nSPS) is 18.8. The monoisotopic (exact) mass is 324 g/mol. The van der Waals surface area contributed by atoms with Gasteiger partial charge in [0.25, 0.3) is 0 Å². The number of nitrogens with zero attached hydrogens (tertiary/aromatic N) is 1. The molecule has 0 radical (unpaired) electrons. The fraction of sp³-hybridized carbons (Fsp3) is 0.429. The molecule has 2 N–H and O–H groups in total.